The van der Waals surface area contributed by atoms with Crippen LogP contribution in [0.5, 0.6) is 0 Å². The van der Waals surface area contributed by atoms with Crippen molar-refractivity contribution in [2.75, 3.05) is 18.4 Å². The normalized spacial score (nSPS) is 10.2. The zero-order chi connectivity index (χ0) is 17.2. The minimum atomic E-state index is -0.138. The molecule has 2 aromatic carbocycles. The van der Waals surface area contributed by atoms with Gasteiger partial charge in [0.1, 0.15) is 0 Å². The summed E-state index contributed by atoms with van der Waals surface area (Å²) >= 11 is 0. The minimum Gasteiger partial charge on any atom is -0.348 e. The van der Waals surface area contributed by atoms with Gasteiger partial charge in [0, 0.05) is 17.8 Å². The Labute approximate surface area is 142 Å². The highest BCUT2D eigenvalue weighted by molar-refractivity contribution is 5.96. The highest BCUT2D eigenvalue weighted by Gasteiger charge is 2.06. The smallest absolute Gasteiger partial charge is 0.251 e. The second-order valence-electron chi connectivity index (χ2n) is 5.47. The number of hydrogen-bond acceptors (Lipinski definition) is 3. The van der Waals surface area contributed by atoms with Crippen LogP contribution >= 0.6 is 0 Å². The predicted molar refractivity (Wildman–Crippen MR) is 95.8 cm³/mol. The van der Waals surface area contributed by atoms with Crippen molar-refractivity contribution < 1.29 is 9.59 Å². The number of amides is 2. The van der Waals surface area contributed by atoms with E-state index in [-0.39, 0.29) is 18.4 Å². The maximum Gasteiger partial charge on any atom is 0.251 e. The van der Waals surface area contributed by atoms with Gasteiger partial charge in [-0.2, -0.15) is 0 Å². The number of anilines is 1. The fourth-order valence-electron chi connectivity index (χ4n) is 2.17. The molecule has 0 atom stereocenters. The quantitative estimate of drug-likeness (QED) is 0.653. The highest BCUT2D eigenvalue weighted by atomic mass is 16.2. The molecule has 0 aromatic heterocycles. The highest BCUT2D eigenvalue weighted by Crippen LogP contribution is 2.09. The topological polar surface area (TPSA) is 70.2 Å². The van der Waals surface area contributed by atoms with E-state index in [1.807, 2.05) is 37.3 Å². The van der Waals surface area contributed by atoms with Crippen molar-refractivity contribution in [1.82, 2.24) is 10.6 Å². The maximum absolute atomic E-state index is 12.1. The van der Waals surface area contributed by atoms with Crippen LogP contribution in [0.4, 0.5) is 5.69 Å². The van der Waals surface area contributed by atoms with Crippen molar-refractivity contribution in [3.05, 3.63) is 65.7 Å². The molecule has 126 valence electrons. The number of carbonyl (C=O) groups excluding carboxylic acids is 2. The van der Waals surface area contributed by atoms with Gasteiger partial charge in [-0.3, -0.25) is 9.59 Å². The molecule has 0 aliphatic rings. The molecule has 5 heteroatoms. The first-order valence-electron chi connectivity index (χ1n) is 8.12. The van der Waals surface area contributed by atoms with E-state index in [1.54, 1.807) is 24.3 Å². The molecule has 0 fully saturated rings. The lowest BCUT2D eigenvalue weighted by Gasteiger charge is -2.08. The second kappa shape index (κ2) is 9.47. The van der Waals surface area contributed by atoms with Crippen molar-refractivity contribution in [2.24, 2.45) is 0 Å². The summed E-state index contributed by atoms with van der Waals surface area (Å²) in [5, 5.41) is 8.71. The first-order chi connectivity index (χ1) is 11.7. The maximum atomic E-state index is 12.1. The zero-order valence-electron chi connectivity index (χ0n) is 13.8. The predicted octanol–water partition coefficient (Wildman–Crippen LogP) is 2.55. The van der Waals surface area contributed by atoms with Gasteiger partial charge in [-0.15, -0.1) is 0 Å². The molecule has 0 unspecified atom stereocenters. The van der Waals surface area contributed by atoms with Gasteiger partial charge in [0.2, 0.25) is 5.91 Å². The van der Waals surface area contributed by atoms with Crippen LogP contribution in [0.15, 0.2) is 54.6 Å². The number of carbonyl (C=O) groups is 2. The van der Waals surface area contributed by atoms with Gasteiger partial charge in [0.15, 0.2) is 0 Å². The van der Waals surface area contributed by atoms with Crippen LogP contribution in [0.2, 0.25) is 0 Å². The molecule has 2 aromatic rings. The van der Waals surface area contributed by atoms with Gasteiger partial charge < -0.3 is 16.0 Å². The number of rotatable bonds is 8. The summed E-state index contributed by atoms with van der Waals surface area (Å²) in [6.45, 7) is 3.63. The zero-order valence-corrected chi connectivity index (χ0v) is 13.8. The summed E-state index contributed by atoms with van der Waals surface area (Å²) < 4.78 is 0. The molecule has 0 saturated heterocycles. The van der Waals surface area contributed by atoms with E-state index in [2.05, 4.69) is 16.0 Å². The fourth-order valence-corrected chi connectivity index (χ4v) is 2.17. The van der Waals surface area contributed by atoms with Crippen LogP contribution < -0.4 is 16.0 Å². The van der Waals surface area contributed by atoms with E-state index in [0.717, 1.165) is 18.5 Å². The molecule has 3 N–H and O–H groups in total. The van der Waals surface area contributed by atoms with E-state index in [1.165, 1.54) is 0 Å². The number of nitrogens with one attached hydrogen (secondary N) is 3. The van der Waals surface area contributed by atoms with E-state index in [0.29, 0.717) is 17.8 Å². The van der Waals surface area contributed by atoms with E-state index in [9.17, 15) is 9.59 Å². The minimum absolute atomic E-state index is 0.0928. The summed E-state index contributed by atoms with van der Waals surface area (Å²) in [6.07, 6.45) is 0.986. The first kappa shape index (κ1) is 17.7. The number of benzene rings is 2. The monoisotopic (exact) mass is 325 g/mol. The standard InChI is InChI=1S/C19H23N3O2/c1-2-12-20-14-18(23)22-17-10-8-16(9-11-17)19(24)21-13-15-6-4-3-5-7-15/h3-11,20H,2,12-14H2,1H3,(H,21,24)(H,22,23). The van der Waals surface area contributed by atoms with E-state index in [4.69, 9.17) is 0 Å². The molecule has 0 aliphatic heterocycles. The molecule has 24 heavy (non-hydrogen) atoms. The molecular weight excluding hydrogens is 302 g/mol. The van der Waals surface area contributed by atoms with Gasteiger partial charge >= 0.3 is 0 Å². The van der Waals surface area contributed by atoms with Crippen LogP contribution in [0.25, 0.3) is 0 Å². The molecule has 2 amide bonds. The average molecular weight is 325 g/mol. The Kier molecular flexibility index (Phi) is 6.98. The molecule has 5 nitrogen and oxygen atoms in total. The van der Waals surface area contributed by atoms with Crippen molar-refractivity contribution in [1.29, 1.82) is 0 Å². The molecule has 2 rings (SSSR count). The number of hydrogen-bond donors (Lipinski definition) is 3. The summed E-state index contributed by atoms with van der Waals surface area (Å²) in [5.74, 6) is -0.230. The molecule has 0 aliphatic carbocycles. The van der Waals surface area contributed by atoms with E-state index >= 15 is 0 Å². The van der Waals surface area contributed by atoms with Crippen LogP contribution in [0.3, 0.4) is 0 Å². The van der Waals surface area contributed by atoms with Gasteiger partial charge in [0.05, 0.1) is 6.54 Å². The van der Waals surface area contributed by atoms with Crippen LogP contribution in [-0.2, 0) is 11.3 Å². The van der Waals surface area contributed by atoms with Gasteiger partial charge in [0.25, 0.3) is 5.91 Å². The Morgan fingerprint density at radius 1 is 0.958 bits per heavy atom. The third-order valence-corrected chi connectivity index (χ3v) is 3.44. The van der Waals surface area contributed by atoms with Crippen molar-refractivity contribution in [3.8, 4) is 0 Å². The van der Waals surface area contributed by atoms with Crippen molar-refractivity contribution in [3.63, 3.8) is 0 Å². The third kappa shape index (κ3) is 5.85. The Bertz CT molecular complexity index is 654. The Morgan fingerprint density at radius 3 is 2.33 bits per heavy atom. The van der Waals surface area contributed by atoms with Crippen LogP contribution in [0.1, 0.15) is 29.3 Å². The molecule has 0 heterocycles. The molecular formula is C19H23N3O2. The molecule has 0 spiro atoms. The van der Waals surface area contributed by atoms with Crippen LogP contribution in [0, 0.1) is 0 Å². The van der Waals surface area contributed by atoms with Crippen molar-refractivity contribution >= 4 is 17.5 Å². The first-order valence-corrected chi connectivity index (χ1v) is 8.12. The lowest BCUT2D eigenvalue weighted by molar-refractivity contribution is -0.115. The molecule has 0 radical (unpaired) electrons. The summed E-state index contributed by atoms with van der Waals surface area (Å²) in [4.78, 5) is 23.8. The lowest BCUT2D eigenvalue weighted by atomic mass is 10.1. The van der Waals surface area contributed by atoms with Gasteiger partial charge in [-0.25, -0.2) is 0 Å². The van der Waals surface area contributed by atoms with E-state index < -0.39 is 0 Å². The lowest BCUT2D eigenvalue weighted by Crippen LogP contribution is -2.28. The summed E-state index contributed by atoms with van der Waals surface area (Å²) in [7, 11) is 0. The summed E-state index contributed by atoms with van der Waals surface area (Å²) in [5.41, 5.74) is 2.29. The molecule has 0 bridgehead atoms. The third-order valence-electron chi connectivity index (χ3n) is 3.44. The largest absolute Gasteiger partial charge is 0.348 e. The SMILES string of the molecule is CCCNCC(=O)Nc1ccc(C(=O)NCc2ccccc2)cc1. The fraction of sp³-hybridized carbons (Fsp3) is 0.263. The Hall–Kier alpha value is -2.66. The second-order valence-corrected chi connectivity index (χ2v) is 5.47. The Morgan fingerprint density at radius 2 is 1.67 bits per heavy atom. The average Bonchev–Trinajstić information content (AvgIpc) is 2.61. The van der Waals surface area contributed by atoms with Gasteiger partial charge in [-0.1, -0.05) is 37.3 Å². The van der Waals surface area contributed by atoms with Gasteiger partial charge in [-0.05, 0) is 42.8 Å². The van der Waals surface area contributed by atoms with Crippen molar-refractivity contribution in [2.45, 2.75) is 19.9 Å². The summed E-state index contributed by atoms with van der Waals surface area (Å²) in [6, 6.07) is 16.6. The van der Waals surface area contributed by atoms with Crippen LogP contribution in [-0.4, -0.2) is 24.9 Å². The molecule has 0 saturated carbocycles. The Balaban J connectivity index is 1.82.